The van der Waals surface area contributed by atoms with E-state index in [1.54, 1.807) is 6.92 Å². The lowest BCUT2D eigenvalue weighted by molar-refractivity contribution is -0.142. The number of ketones is 1. The number of esters is 1. The third kappa shape index (κ3) is 1.58. The van der Waals surface area contributed by atoms with Crippen molar-refractivity contribution in [1.82, 2.24) is 0 Å². The van der Waals surface area contributed by atoms with E-state index < -0.39 is 11.7 Å². The molecule has 4 nitrogen and oxygen atoms in total. The molecule has 4 heteroatoms. The van der Waals surface area contributed by atoms with Crippen molar-refractivity contribution in [2.24, 2.45) is 23.2 Å². The standard InChI is InChI=1S/C14H20O4/c1-5-18-13(17)12(16)10-9-6-8(11(10)15)7(2)14(9,3)4/h7-9,16H,5-6H2,1-4H3/b12-10-. The van der Waals surface area contributed by atoms with Crippen LogP contribution in [-0.4, -0.2) is 23.5 Å². The first-order valence-electron chi connectivity index (χ1n) is 6.46. The number of rotatable bonds is 2. The lowest BCUT2D eigenvalue weighted by Crippen LogP contribution is -2.36. The molecule has 0 radical (unpaired) electrons. The van der Waals surface area contributed by atoms with Gasteiger partial charge in [0.15, 0.2) is 5.78 Å². The fourth-order valence-electron chi connectivity index (χ4n) is 3.38. The monoisotopic (exact) mass is 252 g/mol. The molecule has 0 aromatic carbocycles. The van der Waals surface area contributed by atoms with Crippen LogP contribution in [0.2, 0.25) is 0 Å². The summed E-state index contributed by atoms with van der Waals surface area (Å²) in [5, 5.41) is 9.94. The molecule has 0 heterocycles. The Labute approximate surface area is 107 Å². The van der Waals surface area contributed by atoms with Crippen molar-refractivity contribution >= 4 is 11.8 Å². The molecular weight excluding hydrogens is 232 g/mol. The number of Topliss-reactive ketones (excluding diaryl/α,β-unsaturated/α-hetero) is 1. The predicted octanol–water partition coefficient (Wildman–Crippen LogP) is 2.24. The smallest absolute Gasteiger partial charge is 0.373 e. The van der Waals surface area contributed by atoms with E-state index in [4.69, 9.17) is 4.74 Å². The average Bonchev–Trinajstić information content (AvgIpc) is 2.74. The summed E-state index contributed by atoms with van der Waals surface area (Å²) in [5.74, 6) is -1.14. The highest BCUT2D eigenvalue weighted by molar-refractivity contribution is 6.07. The molecular formula is C14H20O4. The Bertz CT molecular complexity index is 433. The van der Waals surface area contributed by atoms with E-state index in [0.717, 1.165) is 6.42 Å². The predicted molar refractivity (Wildman–Crippen MR) is 65.8 cm³/mol. The summed E-state index contributed by atoms with van der Waals surface area (Å²) in [6.45, 7) is 8.11. The van der Waals surface area contributed by atoms with Gasteiger partial charge in [-0.2, -0.15) is 0 Å². The van der Waals surface area contributed by atoms with Crippen molar-refractivity contribution in [2.45, 2.75) is 34.1 Å². The normalized spacial score (nSPS) is 35.8. The topological polar surface area (TPSA) is 63.6 Å². The summed E-state index contributed by atoms with van der Waals surface area (Å²) in [6.07, 6.45) is 0.742. The molecule has 2 bridgehead atoms. The highest BCUT2D eigenvalue weighted by Gasteiger charge is 2.59. The summed E-state index contributed by atoms with van der Waals surface area (Å²) in [4.78, 5) is 23.8. The van der Waals surface area contributed by atoms with Gasteiger partial charge in [-0.05, 0) is 30.6 Å². The molecule has 1 N–H and O–H groups in total. The highest BCUT2D eigenvalue weighted by atomic mass is 16.5. The zero-order valence-corrected chi connectivity index (χ0v) is 11.3. The van der Waals surface area contributed by atoms with E-state index in [1.807, 2.05) is 0 Å². The summed E-state index contributed by atoms with van der Waals surface area (Å²) < 4.78 is 4.77. The number of carbonyl (C=O) groups is 2. The number of ether oxygens (including phenoxy) is 1. The zero-order valence-electron chi connectivity index (χ0n) is 11.3. The summed E-state index contributed by atoms with van der Waals surface area (Å²) in [6, 6.07) is 0. The highest BCUT2D eigenvalue weighted by Crippen LogP contribution is 2.60. The average molecular weight is 252 g/mol. The van der Waals surface area contributed by atoms with Crippen molar-refractivity contribution < 1.29 is 19.4 Å². The molecule has 2 saturated carbocycles. The molecule has 0 spiro atoms. The van der Waals surface area contributed by atoms with Crippen LogP contribution >= 0.6 is 0 Å². The van der Waals surface area contributed by atoms with Gasteiger partial charge in [0.2, 0.25) is 5.76 Å². The zero-order chi connectivity index (χ0) is 13.7. The summed E-state index contributed by atoms with van der Waals surface area (Å²) in [7, 11) is 0. The molecule has 2 fully saturated rings. The molecule has 18 heavy (non-hydrogen) atoms. The van der Waals surface area contributed by atoms with Gasteiger partial charge in [-0.3, -0.25) is 4.79 Å². The molecule has 2 aliphatic carbocycles. The van der Waals surface area contributed by atoms with Crippen LogP contribution in [0.25, 0.3) is 0 Å². The SMILES string of the molecule is CCOC(=O)/C(O)=C1/C(=O)C2CC1C(C)(C)C2C. The van der Waals surface area contributed by atoms with Gasteiger partial charge < -0.3 is 9.84 Å². The van der Waals surface area contributed by atoms with Crippen LogP contribution in [0.1, 0.15) is 34.1 Å². The van der Waals surface area contributed by atoms with Gasteiger partial charge in [0.05, 0.1) is 6.61 Å². The number of hydrogen-bond acceptors (Lipinski definition) is 4. The Morgan fingerprint density at radius 3 is 2.61 bits per heavy atom. The Morgan fingerprint density at radius 1 is 1.50 bits per heavy atom. The molecule has 100 valence electrons. The number of fused-ring (bicyclic) bond motifs is 2. The maximum Gasteiger partial charge on any atom is 0.373 e. The fourth-order valence-corrected chi connectivity index (χ4v) is 3.38. The first-order valence-corrected chi connectivity index (χ1v) is 6.46. The second-order valence-corrected chi connectivity index (χ2v) is 5.85. The lowest BCUT2D eigenvalue weighted by Gasteiger charge is -2.36. The summed E-state index contributed by atoms with van der Waals surface area (Å²) in [5.41, 5.74) is 0.232. The number of aliphatic hydroxyl groups excluding tert-OH is 1. The summed E-state index contributed by atoms with van der Waals surface area (Å²) >= 11 is 0. The first-order chi connectivity index (χ1) is 8.32. The van der Waals surface area contributed by atoms with Crippen molar-refractivity contribution in [3.63, 3.8) is 0 Å². The van der Waals surface area contributed by atoms with Crippen LogP contribution in [0.5, 0.6) is 0 Å². The molecule has 0 aromatic rings. The van der Waals surface area contributed by atoms with Gasteiger partial charge in [-0.25, -0.2) is 4.79 Å². The van der Waals surface area contributed by atoms with E-state index >= 15 is 0 Å². The van der Waals surface area contributed by atoms with Gasteiger partial charge in [0.1, 0.15) is 0 Å². The lowest BCUT2D eigenvalue weighted by atomic mass is 9.67. The van der Waals surface area contributed by atoms with Crippen LogP contribution in [0.4, 0.5) is 0 Å². The minimum Gasteiger partial charge on any atom is -0.502 e. The van der Waals surface area contributed by atoms with Crippen molar-refractivity contribution in [1.29, 1.82) is 0 Å². The number of aliphatic hydroxyl groups is 1. The molecule has 2 aliphatic rings. The van der Waals surface area contributed by atoms with Gasteiger partial charge in [0.25, 0.3) is 0 Å². The number of carbonyl (C=O) groups excluding carboxylic acids is 2. The van der Waals surface area contributed by atoms with Crippen LogP contribution in [-0.2, 0) is 14.3 Å². The fraction of sp³-hybridized carbons (Fsp3) is 0.714. The van der Waals surface area contributed by atoms with E-state index in [0.29, 0.717) is 5.57 Å². The van der Waals surface area contributed by atoms with Crippen LogP contribution < -0.4 is 0 Å². The largest absolute Gasteiger partial charge is 0.502 e. The molecule has 0 saturated heterocycles. The minimum atomic E-state index is -0.781. The van der Waals surface area contributed by atoms with E-state index in [1.165, 1.54) is 0 Å². The Hall–Kier alpha value is -1.32. The number of allylic oxidation sites excluding steroid dienone is 1. The van der Waals surface area contributed by atoms with E-state index in [2.05, 4.69) is 20.8 Å². The maximum absolute atomic E-state index is 12.2. The molecule has 2 rings (SSSR count). The minimum absolute atomic E-state index is 0.0330. The van der Waals surface area contributed by atoms with Gasteiger partial charge in [-0.1, -0.05) is 20.8 Å². The van der Waals surface area contributed by atoms with Crippen molar-refractivity contribution in [2.75, 3.05) is 6.61 Å². The molecule has 0 amide bonds. The van der Waals surface area contributed by atoms with E-state index in [9.17, 15) is 14.7 Å². The Balaban J connectivity index is 2.39. The second kappa shape index (κ2) is 4.11. The van der Waals surface area contributed by atoms with Gasteiger partial charge in [0, 0.05) is 11.5 Å². The van der Waals surface area contributed by atoms with Gasteiger partial charge >= 0.3 is 5.97 Å². The van der Waals surface area contributed by atoms with Crippen LogP contribution in [0.15, 0.2) is 11.3 Å². The van der Waals surface area contributed by atoms with Crippen molar-refractivity contribution in [3.05, 3.63) is 11.3 Å². The Morgan fingerprint density at radius 2 is 2.11 bits per heavy atom. The van der Waals surface area contributed by atoms with E-state index in [-0.39, 0.29) is 35.6 Å². The quantitative estimate of drug-likeness (QED) is 0.465. The molecule has 3 unspecified atom stereocenters. The molecule has 0 aliphatic heterocycles. The van der Waals surface area contributed by atoms with Crippen LogP contribution in [0, 0.1) is 23.2 Å². The van der Waals surface area contributed by atoms with Gasteiger partial charge in [-0.15, -0.1) is 0 Å². The third-order valence-corrected chi connectivity index (χ3v) is 4.84. The third-order valence-electron chi connectivity index (χ3n) is 4.84. The van der Waals surface area contributed by atoms with Crippen LogP contribution in [0.3, 0.4) is 0 Å². The maximum atomic E-state index is 12.2. The first kappa shape index (κ1) is 13.1. The second-order valence-electron chi connectivity index (χ2n) is 5.85. The molecule has 0 aromatic heterocycles. The Kier molecular flexibility index (Phi) is 2.99. The number of hydrogen-bond donors (Lipinski definition) is 1. The molecule has 3 atom stereocenters. The van der Waals surface area contributed by atoms with Crippen molar-refractivity contribution in [3.8, 4) is 0 Å².